The molecule has 3 N–H and O–H groups in total. The van der Waals surface area contributed by atoms with E-state index in [0.717, 1.165) is 6.42 Å². The summed E-state index contributed by atoms with van der Waals surface area (Å²) < 4.78 is 0. The largest absolute Gasteiger partial charge is 0.394 e. The average Bonchev–Trinajstić information content (AvgIpc) is 2.31. The molecule has 0 atom stereocenters. The highest BCUT2D eigenvalue weighted by molar-refractivity contribution is 5.74. The third kappa shape index (κ3) is 4.75. The number of aryl methyl sites for hydroxylation is 1. The number of benzene rings is 1. The van der Waals surface area contributed by atoms with Crippen LogP contribution in [-0.2, 0) is 6.42 Å². The van der Waals surface area contributed by atoms with E-state index in [1.165, 1.54) is 11.1 Å². The fourth-order valence-corrected chi connectivity index (χ4v) is 1.59. The molecule has 1 aromatic rings. The Bertz CT molecular complexity index is 403. The van der Waals surface area contributed by atoms with Crippen molar-refractivity contribution < 1.29 is 9.90 Å². The molecule has 0 unspecified atom stereocenters. The molecule has 0 spiro atoms. The summed E-state index contributed by atoms with van der Waals surface area (Å²) >= 11 is 0. The number of aliphatic hydroxyl groups is 1. The lowest BCUT2D eigenvalue weighted by atomic mass is 10.1. The summed E-state index contributed by atoms with van der Waals surface area (Å²) in [4.78, 5) is 11.6. The van der Waals surface area contributed by atoms with Crippen LogP contribution in [0.15, 0.2) is 24.3 Å². The van der Waals surface area contributed by atoms with Crippen molar-refractivity contribution in [2.24, 2.45) is 0 Å². The van der Waals surface area contributed by atoms with Gasteiger partial charge >= 0.3 is 6.03 Å². The molecule has 0 aliphatic heterocycles. The van der Waals surface area contributed by atoms with Crippen LogP contribution < -0.4 is 10.6 Å². The molecule has 1 rings (SSSR count). The molecule has 0 heterocycles. The third-order valence-corrected chi connectivity index (χ3v) is 2.79. The number of amides is 2. The first kappa shape index (κ1) is 14.5. The minimum absolute atomic E-state index is 0.0851. The molecule has 0 radical (unpaired) electrons. The highest BCUT2D eigenvalue weighted by Gasteiger charge is 2.18. The number of nitrogens with one attached hydrogen (secondary N) is 2. The van der Waals surface area contributed by atoms with Crippen molar-refractivity contribution >= 4 is 6.03 Å². The fourth-order valence-electron chi connectivity index (χ4n) is 1.59. The molecule has 0 aromatic heterocycles. The van der Waals surface area contributed by atoms with E-state index in [1.807, 2.05) is 12.1 Å². The van der Waals surface area contributed by atoms with E-state index in [-0.39, 0.29) is 12.6 Å². The molecule has 0 saturated carbocycles. The van der Waals surface area contributed by atoms with Crippen molar-refractivity contribution in [3.8, 4) is 0 Å². The van der Waals surface area contributed by atoms with Crippen LogP contribution in [0.5, 0.6) is 0 Å². The van der Waals surface area contributed by atoms with Crippen LogP contribution in [0.1, 0.15) is 25.0 Å². The van der Waals surface area contributed by atoms with Crippen molar-refractivity contribution in [3.63, 3.8) is 0 Å². The van der Waals surface area contributed by atoms with Crippen LogP contribution in [0.4, 0.5) is 4.79 Å². The van der Waals surface area contributed by atoms with Crippen molar-refractivity contribution in [3.05, 3.63) is 35.4 Å². The summed E-state index contributed by atoms with van der Waals surface area (Å²) in [5.41, 5.74) is 1.88. The Kier molecular flexibility index (Phi) is 5.16. The van der Waals surface area contributed by atoms with Crippen LogP contribution in [0, 0.1) is 6.92 Å². The molecule has 0 aliphatic rings. The standard InChI is InChI=1S/C14H22N2O2/c1-11-6-4-5-7-12(11)8-9-15-13(18)16-14(2,3)10-17/h4-7,17H,8-10H2,1-3H3,(H2,15,16,18). The Morgan fingerprint density at radius 1 is 1.33 bits per heavy atom. The SMILES string of the molecule is Cc1ccccc1CCNC(=O)NC(C)(C)CO. The summed E-state index contributed by atoms with van der Waals surface area (Å²) in [5, 5.41) is 14.5. The van der Waals surface area contributed by atoms with Gasteiger partial charge in [0, 0.05) is 6.54 Å². The van der Waals surface area contributed by atoms with Gasteiger partial charge < -0.3 is 15.7 Å². The zero-order valence-corrected chi connectivity index (χ0v) is 11.3. The monoisotopic (exact) mass is 250 g/mol. The van der Waals surface area contributed by atoms with Gasteiger partial charge in [-0.1, -0.05) is 24.3 Å². The summed E-state index contributed by atoms with van der Waals surface area (Å²) in [7, 11) is 0. The lowest BCUT2D eigenvalue weighted by Gasteiger charge is -2.23. The Morgan fingerprint density at radius 2 is 2.00 bits per heavy atom. The quantitative estimate of drug-likeness (QED) is 0.743. The maximum Gasteiger partial charge on any atom is 0.315 e. The number of hydrogen-bond donors (Lipinski definition) is 3. The Labute approximate surface area is 108 Å². The van der Waals surface area contributed by atoms with Crippen molar-refractivity contribution in [2.45, 2.75) is 32.7 Å². The van der Waals surface area contributed by atoms with Gasteiger partial charge in [-0.25, -0.2) is 4.79 Å². The van der Waals surface area contributed by atoms with Gasteiger partial charge in [0.1, 0.15) is 0 Å². The van der Waals surface area contributed by atoms with Gasteiger partial charge in [-0.15, -0.1) is 0 Å². The van der Waals surface area contributed by atoms with Crippen LogP contribution in [0.3, 0.4) is 0 Å². The number of rotatable bonds is 5. The molecule has 4 heteroatoms. The zero-order chi connectivity index (χ0) is 13.6. The first-order valence-electron chi connectivity index (χ1n) is 6.16. The molecule has 4 nitrogen and oxygen atoms in total. The predicted octanol–water partition coefficient (Wildman–Crippen LogP) is 1.61. The van der Waals surface area contributed by atoms with Gasteiger partial charge in [-0.05, 0) is 38.3 Å². The van der Waals surface area contributed by atoms with E-state index in [2.05, 4.69) is 29.7 Å². The molecule has 1 aromatic carbocycles. The second kappa shape index (κ2) is 6.40. The maximum atomic E-state index is 11.6. The highest BCUT2D eigenvalue weighted by Crippen LogP contribution is 2.06. The molecule has 0 aliphatic carbocycles. The predicted molar refractivity (Wildman–Crippen MR) is 72.6 cm³/mol. The fraction of sp³-hybridized carbons (Fsp3) is 0.500. The van der Waals surface area contributed by atoms with Gasteiger partial charge in [-0.2, -0.15) is 0 Å². The second-order valence-electron chi connectivity index (χ2n) is 5.10. The third-order valence-electron chi connectivity index (χ3n) is 2.79. The number of urea groups is 1. The van der Waals surface area contributed by atoms with Crippen LogP contribution in [-0.4, -0.2) is 29.8 Å². The van der Waals surface area contributed by atoms with Crippen LogP contribution in [0.2, 0.25) is 0 Å². The topological polar surface area (TPSA) is 61.4 Å². The second-order valence-corrected chi connectivity index (χ2v) is 5.10. The van der Waals surface area contributed by atoms with Crippen LogP contribution >= 0.6 is 0 Å². The number of aliphatic hydroxyl groups excluding tert-OH is 1. The molecule has 18 heavy (non-hydrogen) atoms. The van der Waals surface area contributed by atoms with Crippen molar-refractivity contribution in [1.29, 1.82) is 0 Å². The first-order chi connectivity index (χ1) is 8.44. The normalized spacial score (nSPS) is 11.1. The van der Waals surface area contributed by atoms with E-state index >= 15 is 0 Å². The Morgan fingerprint density at radius 3 is 2.61 bits per heavy atom. The van der Waals surface area contributed by atoms with Crippen LogP contribution in [0.25, 0.3) is 0 Å². The van der Waals surface area contributed by atoms with Gasteiger partial charge in [-0.3, -0.25) is 0 Å². The summed E-state index contributed by atoms with van der Waals surface area (Å²) in [6.45, 7) is 6.10. The van der Waals surface area contributed by atoms with E-state index in [0.29, 0.717) is 6.54 Å². The average molecular weight is 250 g/mol. The van der Waals surface area contributed by atoms with Crippen molar-refractivity contribution in [1.82, 2.24) is 10.6 Å². The minimum atomic E-state index is -0.591. The van der Waals surface area contributed by atoms with Gasteiger partial charge in [0.2, 0.25) is 0 Å². The number of hydrogen-bond acceptors (Lipinski definition) is 2. The lowest BCUT2D eigenvalue weighted by molar-refractivity contribution is 0.182. The van der Waals surface area contributed by atoms with E-state index < -0.39 is 5.54 Å². The van der Waals surface area contributed by atoms with Gasteiger partial charge in [0.05, 0.1) is 12.1 Å². The highest BCUT2D eigenvalue weighted by atomic mass is 16.3. The Hall–Kier alpha value is -1.55. The van der Waals surface area contributed by atoms with Gasteiger partial charge in [0.25, 0.3) is 0 Å². The molecule has 100 valence electrons. The molecule has 0 fully saturated rings. The van der Waals surface area contributed by atoms with Gasteiger partial charge in [0.15, 0.2) is 0 Å². The van der Waals surface area contributed by atoms with E-state index in [1.54, 1.807) is 13.8 Å². The summed E-state index contributed by atoms with van der Waals surface area (Å²) in [6.07, 6.45) is 0.805. The maximum absolute atomic E-state index is 11.6. The van der Waals surface area contributed by atoms with Crippen molar-refractivity contribution in [2.75, 3.05) is 13.2 Å². The van der Waals surface area contributed by atoms with E-state index in [9.17, 15) is 4.79 Å². The molecular formula is C14H22N2O2. The minimum Gasteiger partial charge on any atom is -0.394 e. The number of carbonyl (C=O) groups is 1. The zero-order valence-electron chi connectivity index (χ0n) is 11.3. The first-order valence-corrected chi connectivity index (χ1v) is 6.16. The van der Waals surface area contributed by atoms with E-state index in [4.69, 9.17) is 5.11 Å². The Balaban J connectivity index is 2.34. The smallest absolute Gasteiger partial charge is 0.315 e. The summed E-state index contributed by atoms with van der Waals surface area (Å²) in [5.74, 6) is 0. The molecule has 0 bridgehead atoms. The molecule has 0 saturated heterocycles. The molecule has 2 amide bonds. The number of carbonyl (C=O) groups excluding carboxylic acids is 1. The molecular weight excluding hydrogens is 228 g/mol. The summed E-state index contributed by atoms with van der Waals surface area (Å²) in [6, 6.07) is 7.87. The lowest BCUT2D eigenvalue weighted by Crippen LogP contribution is -2.50.